The van der Waals surface area contributed by atoms with E-state index in [4.69, 9.17) is 0 Å². The van der Waals surface area contributed by atoms with Gasteiger partial charge in [0, 0.05) is 31.9 Å². The summed E-state index contributed by atoms with van der Waals surface area (Å²) < 4.78 is 2.29. The first-order valence-corrected chi connectivity index (χ1v) is 9.29. The summed E-state index contributed by atoms with van der Waals surface area (Å²) in [6.45, 7) is 8.24. The molecular weight excluding hydrogens is 288 g/mol. The van der Waals surface area contributed by atoms with Gasteiger partial charge in [0.2, 0.25) is 5.91 Å². The van der Waals surface area contributed by atoms with Gasteiger partial charge in [-0.2, -0.15) is 0 Å². The summed E-state index contributed by atoms with van der Waals surface area (Å²) in [5.74, 6) is 1.50. The molecule has 3 heterocycles. The van der Waals surface area contributed by atoms with Crippen molar-refractivity contribution in [3.05, 3.63) is 18.2 Å². The van der Waals surface area contributed by atoms with Gasteiger partial charge < -0.3 is 9.47 Å². The number of rotatable bonds is 5. The highest BCUT2D eigenvalue weighted by Gasteiger charge is 2.35. The van der Waals surface area contributed by atoms with Crippen molar-refractivity contribution in [3.8, 4) is 0 Å². The summed E-state index contributed by atoms with van der Waals surface area (Å²) >= 11 is 0. The molecule has 1 aromatic heterocycles. The van der Waals surface area contributed by atoms with E-state index in [-0.39, 0.29) is 6.04 Å². The zero-order chi connectivity index (χ0) is 16.2. The molecule has 0 aliphatic carbocycles. The van der Waals surface area contributed by atoms with E-state index in [1.807, 2.05) is 6.20 Å². The molecule has 0 saturated carbocycles. The third-order valence-electron chi connectivity index (χ3n) is 5.33. The molecule has 1 aromatic rings. The van der Waals surface area contributed by atoms with Gasteiger partial charge in [-0.25, -0.2) is 4.98 Å². The maximum atomic E-state index is 13.0. The zero-order valence-electron chi connectivity index (χ0n) is 14.6. The molecule has 128 valence electrons. The van der Waals surface area contributed by atoms with Crippen LogP contribution in [-0.4, -0.2) is 57.5 Å². The van der Waals surface area contributed by atoms with Gasteiger partial charge in [0.05, 0.1) is 12.1 Å². The molecule has 2 aliphatic heterocycles. The molecule has 2 unspecified atom stereocenters. The van der Waals surface area contributed by atoms with Gasteiger partial charge in [0.1, 0.15) is 5.82 Å². The molecule has 23 heavy (non-hydrogen) atoms. The van der Waals surface area contributed by atoms with E-state index in [0.717, 1.165) is 70.5 Å². The van der Waals surface area contributed by atoms with Crippen molar-refractivity contribution < 1.29 is 4.79 Å². The minimum Gasteiger partial charge on any atom is -0.339 e. The van der Waals surface area contributed by atoms with Gasteiger partial charge in [-0.1, -0.05) is 13.8 Å². The van der Waals surface area contributed by atoms with Crippen LogP contribution < -0.4 is 0 Å². The van der Waals surface area contributed by atoms with E-state index >= 15 is 0 Å². The second kappa shape index (κ2) is 7.47. The number of hydrogen-bond donors (Lipinski definition) is 0. The SMILES string of the molecule is CCCN1CCCC1C(=O)N1CCCC(n2ccnc2CC)C1. The van der Waals surface area contributed by atoms with Crippen molar-refractivity contribution in [2.75, 3.05) is 26.2 Å². The summed E-state index contributed by atoms with van der Waals surface area (Å²) in [5.41, 5.74) is 0. The molecule has 2 aliphatic rings. The quantitative estimate of drug-likeness (QED) is 0.837. The standard InChI is InChI=1S/C18H30N4O/c1-3-10-20-11-6-8-16(20)18(23)21-12-5-7-15(14-21)22-13-9-19-17(22)4-2/h9,13,15-16H,3-8,10-12,14H2,1-2H3. The number of likely N-dealkylation sites (tertiary alicyclic amines) is 2. The number of piperidine rings is 1. The maximum absolute atomic E-state index is 13.0. The number of aromatic nitrogens is 2. The molecule has 0 spiro atoms. The molecule has 1 amide bonds. The minimum absolute atomic E-state index is 0.127. The number of hydrogen-bond acceptors (Lipinski definition) is 3. The van der Waals surface area contributed by atoms with Crippen molar-refractivity contribution in [2.24, 2.45) is 0 Å². The molecule has 0 bridgehead atoms. The Hall–Kier alpha value is -1.36. The highest BCUT2D eigenvalue weighted by atomic mass is 16.2. The van der Waals surface area contributed by atoms with Crippen molar-refractivity contribution in [1.29, 1.82) is 0 Å². The Labute approximate surface area is 139 Å². The lowest BCUT2D eigenvalue weighted by Gasteiger charge is -2.37. The lowest BCUT2D eigenvalue weighted by atomic mass is 10.0. The van der Waals surface area contributed by atoms with Gasteiger partial charge in [0.25, 0.3) is 0 Å². The molecule has 0 radical (unpaired) electrons. The normalized spacial score (nSPS) is 25.9. The summed E-state index contributed by atoms with van der Waals surface area (Å²) in [4.78, 5) is 22.0. The average Bonchev–Trinajstić information content (AvgIpc) is 3.23. The number of amides is 1. The third kappa shape index (κ3) is 3.44. The minimum atomic E-state index is 0.127. The largest absolute Gasteiger partial charge is 0.339 e. The Morgan fingerprint density at radius 2 is 2.09 bits per heavy atom. The molecular formula is C18H30N4O. The van der Waals surface area contributed by atoms with Crippen LogP contribution in [0.1, 0.15) is 57.8 Å². The molecule has 0 N–H and O–H groups in total. The fourth-order valence-corrected chi connectivity index (χ4v) is 4.20. The molecule has 0 aromatic carbocycles. The smallest absolute Gasteiger partial charge is 0.239 e. The van der Waals surface area contributed by atoms with E-state index in [9.17, 15) is 4.79 Å². The first-order valence-electron chi connectivity index (χ1n) is 9.29. The predicted molar refractivity (Wildman–Crippen MR) is 91.3 cm³/mol. The van der Waals surface area contributed by atoms with Crippen LogP contribution in [-0.2, 0) is 11.2 Å². The second-order valence-corrected chi connectivity index (χ2v) is 6.88. The van der Waals surface area contributed by atoms with Gasteiger partial charge >= 0.3 is 0 Å². The zero-order valence-corrected chi connectivity index (χ0v) is 14.6. The van der Waals surface area contributed by atoms with Crippen LogP contribution >= 0.6 is 0 Å². The first kappa shape index (κ1) is 16.5. The number of carbonyl (C=O) groups excluding carboxylic acids is 1. The van der Waals surface area contributed by atoms with Gasteiger partial charge in [-0.15, -0.1) is 0 Å². The Kier molecular flexibility index (Phi) is 5.36. The molecule has 2 saturated heterocycles. The average molecular weight is 318 g/mol. The van der Waals surface area contributed by atoms with Crippen LogP contribution in [0.15, 0.2) is 12.4 Å². The Morgan fingerprint density at radius 3 is 2.87 bits per heavy atom. The van der Waals surface area contributed by atoms with Gasteiger partial charge in [-0.3, -0.25) is 9.69 Å². The van der Waals surface area contributed by atoms with Crippen LogP contribution in [0.3, 0.4) is 0 Å². The molecule has 2 atom stereocenters. The Morgan fingerprint density at radius 1 is 1.26 bits per heavy atom. The second-order valence-electron chi connectivity index (χ2n) is 6.88. The van der Waals surface area contributed by atoms with Crippen LogP contribution in [0.4, 0.5) is 0 Å². The van der Waals surface area contributed by atoms with Crippen LogP contribution in [0.5, 0.6) is 0 Å². The number of imidazole rings is 1. The topological polar surface area (TPSA) is 41.4 Å². The Balaban J connectivity index is 1.67. The summed E-state index contributed by atoms with van der Waals surface area (Å²) in [6, 6.07) is 0.522. The fourth-order valence-electron chi connectivity index (χ4n) is 4.20. The first-order chi connectivity index (χ1) is 11.2. The van der Waals surface area contributed by atoms with Crippen LogP contribution in [0.2, 0.25) is 0 Å². The van der Waals surface area contributed by atoms with Crippen LogP contribution in [0.25, 0.3) is 0 Å². The van der Waals surface area contributed by atoms with Crippen molar-refractivity contribution >= 4 is 5.91 Å². The Bertz CT molecular complexity index is 527. The maximum Gasteiger partial charge on any atom is 0.239 e. The summed E-state index contributed by atoms with van der Waals surface area (Å²) in [5, 5.41) is 0. The number of carbonyl (C=O) groups is 1. The van der Waals surface area contributed by atoms with Crippen molar-refractivity contribution in [3.63, 3.8) is 0 Å². The number of nitrogens with zero attached hydrogens (tertiary/aromatic N) is 4. The van der Waals surface area contributed by atoms with E-state index < -0.39 is 0 Å². The monoisotopic (exact) mass is 318 g/mol. The third-order valence-corrected chi connectivity index (χ3v) is 5.33. The van der Waals surface area contributed by atoms with E-state index in [0.29, 0.717) is 11.9 Å². The van der Waals surface area contributed by atoms with Gasteiger partial charge in [0.15, 0.2) is 0 Å². The van der Waals surface area contributed by atoms with Crippen molar-refractivity contribution in [2.45, 2.75) is 64.5 Å². The summed E-state index contributed by atoms with van der Waals surface area (Å²) in [6.07, 6.45) is 10.5. The highest BCUT2D eigenvalue weighted by Crippen LogP contribution is 2.26. The number of aryl methyl sites for hydroxylation is 1. The van der Waals surface area contributed by atoms with Gasteiger partial charge in [-0.05, 0) is 45.2 Å². The summed E-state index contributed by atoms with van der Waals surface area (Å²) in [7, 11) is 0. The van der Waals surface area contributed by atoms with E-state index in [2.05, 4.69) is 39.4 Å². The van der Waals surface area contributed by atoms with E-state index in [1.54, 1.807) is 0 Å². The van der Waals surface area contributed by atoms with Crippen molar-refractivity contribution in [1.82, 2.24) is 19.4 Å². The highest BCUT2D eigenvalue weighted by molar-refractivity contribution is 5.82. The molecule has 3 rings (SSSR count). The fraction of sp³-hybridized carbons (Fsp3) is 0.778. The van der Waals surface area contributed by atoms with Crippen LogP contribution in [0, 0.1) is 0 Å². The lowest BCUT2D eigenvalue weighted by Crippen LogP contribution is -2.49. The lowest BCUT2D eigenvalue weighted by molar-refractivity contribution is -0.137. The van der Waals surface area contributed by atoms with E-state index in [1.165, 1.54) is 0 Å². The predicted octanol–water partition coefficient (Wildman–Crippen LogP) is 2.48. The molecule has 2 fully saturated rings. The molecule has 5 nitrogen and oxygen atoms in total. The molecule has 5 heteroatoms.